The Morgan fingerprint density at radius 1 is 1.24 bits per heavy atom. The predicted octanol–water partition coefficient (Wildman–Crippen LogP) is 3.89. The van der Waals surface area contributed by atoms with Crippen molar-refractivity contribution in [3.05, 3.63) is 70.8 Å². The van der Waals surface area contributed by atoms with Gasteiger partial charge in [-0.15, -0.1) is 0 Å². The summed E-state index contributed by atoms with van der Waals surface area (Å²) < 4.78 is 26.2. The Morgan fingerprint density at radius 3 is 2.66 bits per heavy atom. The van der Waals surface area contributed by atoms with E-state index in [0.29, 0.717) is 41.6 Å². The Labute approximate surface area is 172 Å². The van der Waals surface area contributed by atoms with Crippen LogP contribution in [0.25, 0.3) is 5.69 Å². The van der Waals surface area contributed by atoms with Crippen molar-refractivity contribution in [1.82, 2.24) is 14.7 Å². The molecule has 0 N–H and O–H groups in total. The van der Waals surface area contributed by atoms with Crippen LogP contribution in [-0.4, -0.2) is 46.9 Å². The van der Waals surface area contributed by atoms with Gasteiger partial charge in [-0.05, 0) is 43.3 Å². The molecule has 0 aliphatic carbocycles. The van der Waals surface area contributed by atoms with Gasteiger partial charge in [0.1, 0.15) is 17.6 Å². The van der Waals surface area contributed by atoms with E-state index < -0.39 is 0 Å². The van der Waals surface area contributed by atoms with Gasteiger partial charge in [0, 0.05) is 7.05 Å². The highest BCUT2D eigenvalue weighted by molar-refractivity contribution is 6.33. The van der Waals surface area contributed by atoms with E-state index in [1.807, 2.05) is 24.3 Å². The molecular weight excluding hydrogens is 397 g/mol. The molecule has 0 saturated heterocycles. The molecule has 1 aliphatic rings. The maximum Gasteiger partial charge on any atom is 0.258 e. The Hall–Kier alpha value is -3.06. The van der Waals surface area contributed by atoms with Crippen LogP contribution < -0.4 is 9.47 Å². The van der Waals surface area contributed by atoms with Crippen molar-refractivity contribution in [2.45, 2.75) is 13.0 Å². The third-order valence-corrected chi connectivity index (χ3v) is 5.03. The smallest absolute Gasteiger partial charge is 0.258 e. The molecule has 1 aliphatic heterocycles. The lowest BCUT2D eigenvalue weighted by molar-refractivity contribution is 0.0520. The minimum Gasteiger partial charge on any atom is -0.486 e. The van der Waals surface area contributed by atoms with E-state index in [1.54, 1.807) is 26.1 Å². The number of rotatable bonds is 4. The molecule has 4 rings (SSSR count). The first-order valence-electron chi connectivity index (χ1n) is 9.09. The summed E-state index contributed by atoms with van der Waals surface area (Å²) in [5, 5.41) is 4.53. The second-order valence-electron chi connectivity index (χ2n) is 6.82. The number of ether oxygens (including phenoxy) is 2. The molecule has 29 heavy (non-hydrogen) atoms. The number of carbonyl (C=O) groups is 1. The minimum absolute atomic E-state index is 0.178. The van der Waals surface area contributed by atoms with Crippen LogP contribution in [0.1, 0.15) is 16.1 Å². The molecule has 1 atom stereocenters. The molecule has 150 valence electrons. The Kier molecular flexibility index (Phi) is 5.15. The van der Waals surface area contributed by atoms with Crippen molar-refractivity contribution in [1.29, 1.82) is 0 Å². The highest BCUT2D eigenvalue weighted by Crippen LogP contribution is 2.31. The van der Waals surface area contributed by atoms with E-state index in [9.17, 15) is 9.18 Å². The largest absolute Gasteiger partial charge is 0.486 e. The van der Waals surface area contributed by atoms with Gasteiger partial charge in [0.25, 0.3) is 5.91 Å². The number of halogens is 2. The van der Waals surface area contributed by atoms with Crippen molar-refractivity contribution in [2.24, 2.45) is 0 Å². The Balaban J connectivity index is 1.51. The molecule has 3 aromatic rings. The van der Waals surface area contributed by atoms with E-state index in [1.165, 1.54) is 21.7 Å². The fourth-order valence-electron chi connectivity index (χ4n) is 3.23. The van der Waals surface area contributed by atoms with Crippen molar-refractivity contribution in [3.8, 4) is 17.2 Å². The van der Waals surface area contributed by atoms with Gasteiger partial charge in [0.2, 0.25) is 0 Å². The highest BCUT2D eigenvalue weighted by Gasteiger charge is 2.28. The van der Waals surface area contributed by atoms with Crippen LogP contribution in [0.5, 0.6) is 11.5 Å². The lowest BCUT2D eigenvalue weighted by Crippen LogP contribution is -2.42. The first kappa shape index (κ1) is 19.3. The summed E-state index contributed by atoms with van der Waals surface area (Å²) >= 11 is 6.46. The maximum absolute atomic E-state index is 13.2. The molecule has 6 nitrogen and oxygen atoms in total. The lowest BCUT2D eigenvalue weighted by Gasteiger charge is -2.29. The van der Waals surface area contributed by atoms with E-state index in [0.717, 1.165) is 0 Å². The van der Waals surface area contributed by atoms with Gasteiger partial charge in [-0.1, -0.05) is 23.7 Å². The van der Waals surface area contributed by atoms with Crippen LogP contribution in [-0.2, 0) is 0 Å². The van der Waals surface area contributed by atoms with Gasteiger partial charge in [-0.3, -0.25) is 4.79 Å². The summed E-state index contributed by atoms with van der Waals surface area (Å²) in [6.45, 7) is 2.38. The van der Waals surface area contributed by atoms with Crippen molar-refractivity contribution < 1.29 is 18.7 Å². The molecule has 1 aromatic heterocycles. The van der Waals surface area contributed by atoms with E-state index in [-0.39, 0.29) is 23.0 Å². The molecule has 0 spiro atoms. The minimum atomic E-state index is -0.360. The fourth-order valence-corrected chi connectivity index (χ4v) is 3.58. The fraction of sp³-hybridized carbons (Fsp3) is 0.238. The highest BCUT2D eigenvalue weighted by atomic mass is 35.5. The first-order chi connectivity index (χ1) is 13.9. The van der Waals surface area contributed by atoms with Gasteiger partial charge in [0.15, 0.2) is 17.6 Å². The quantitative estimate of drug-likeness (QED) is 0.648. The van der Waals surface area contributed by atoms with E-state index in [2.05, 4.69) is 5.10 Å². The average molecular weight is 416 g/mol. The molecule has 1 amide bonds. The van der Waals surface area contributed by atoms with Crippen LogP contribution in [0.2, 0.25) is 5.15 Å². The molecule has 0 fully saturated rings. The van der Waals surface area contributed by atoms with Crippen LogP contribution in [0.15, 0.2) is 48.5 Å². The summed E-state index contributed by atoms with van der Waals surface area (Å²) in [4.78, 5) is 14.6. The standard InChI is InChI=1S/C21H19ClFN3O3/c1-13-19(20(22)26(24-13)15-9-7-14(23)8-10-15)21(27)25(2)11-16-12-28-17-5-3-4-6-18(17)29-16/h3-10,16H,11-12H2,1-2H3/t16-/m0/s1. The third-order valence-electron chi connectivity index (χ3n) is 4.68. The zero-order chi connectivity index (χ0) is 20.5. The van der Waals surface area contributed by atoms with Crippen LogP contribution in [0.3, 0.4) is 0 Å². The monoisotopic (exact) mass is 415 g/mol. The van der Waals surface area contributed by atoms with E-state index >= 15 is 0 Å². The van der Waals surface area contributed by atoms with Gasteiger partial charge in [0.05, 0.1) is 23.5 Å². The van der Waals surface area contributed by atoms with Gasteiger partial charge < -0.3 is 14.4 Å². The van der Waals surface area contributed by atoms with Crippen LogP contribution >= 0.6 is 11.6 Å². The maximum atomic E-state index is 13.2. The number of hydrogen-bond donors (Lipinski definition) is 0. The van der Waals surface area contributed by atoms with Gasteiger partial charge in [-0.2, -0.15) is 5.10 Å². The number of nitrogens with zero attached hydrogens (tertiary/aromatic N) is 3. The molecule has 2 heterocycles. The molecular formula is C21H19ClFN3O3. The second-order valence-corrected chi connectivity index (χ2v) is 7.18. The summed E-state index contributed by atoms with van der Waals surface area (Å²) in [6.07, 6.45) is -0.301. The topological polar surface area (TPSA) is 56.6 Å². The number of likely N-dealkylation sites (N-methyl/N-ethyl adjacent to an activating group) is 1. The van der Waals surface area contributed by atoms with Crippen molar-refractivity contribution in [2.75, 3.05) is 20.2 Å². The van der Waals surface area contributed by atoms with Gasteiger partial charge in [-0.25, -0.2) is 9.07 Å². The number of fused-ring (bicyclic) bond motifs is 1. The normalized spacial score (nSPS) is 15.2. The molecule has 0 unspecified atom stereocenters. The summed E-state index contributed by atoms with van der Waals surface area (Å²) in [7, 11) is 1.68. The molecule has 2 aromatic carbocycles. The number of benzene rings is 2. The molecule has 0 bridgehead atoms. The second kappa shape index (κ2) is 7.75. The number of carbonyl (C=O) groups excluding carboxylic acids is 1. The number of amides is 1. The van der Waals surface area contributed by atoms with Crippen LogP contribution in [0.4, 0.5) is 4.39 Å². The first-order valence-corrected chi connectivity index (χ1v) is 9.47. The molecule has 0 radical (unpaired) electrons. The summed E-state index contributed by atoms with van der Waals surface area (Å²) in [5.41, 5.74) is 1.36. The van der Waals surface area contributed by atoms with Crippen molar-refractivity contribution in [3.63, 3.8) is 0 Å². The van der Waals surface area contributed by atoms with E-state index in [4.69, 9.17) is 21.1 Å². The summed E-state index contributed by atoms with van der Waals surface area (Å²) in [6, 6.07) is 13.1. The number of hydrogen-bond acceptors (Lipinski definition) is 4. The molecule has 8 heteroatoms. The number of aryl methyl sites for hydroxylation is 1. The van der Waals surface area contributed by atoms with Gasteiger partial charge >= 0.3 is 0 Å². The third kappa shape index (κ3) is 3.78. The zero-order valence-corrected chi connectivity index (χ0v) is 16.7. The Morgan fingerprint density at radius 2 is 1.93 bits per heavy atom. The molecule has 0 saturated carbocycles. The predicted molar refractivity (Wildman–Crippen MR) is 107 cm³/mol. The SMILES string of the molecule is Cc1nn(-c2ccc(F)cc2)c(Cl)c1C(=O)N(C)C[C@H]1COc2ccccc2O1. The zero-order valence-electron chi connectivity index (χ0n) is 15.9. The Bertz CT molecular complexity index is 1050. The van der Waals surface area contributed by atoms with Crippen molar-refractivity contribution >= 4 is 17.5 Å². The lowest BCUT2D eigenvalue weighted by atomic mass is 10.2. The average Bonchev–Trinajstić information content (AvgIpc) is 3.02. The summed E-state index contributed by atoms with van der Waals surface area (Å²) in [5.74, 6) is 0.713. The number of para-hydroxylation sites is 2. The number of aromatic nitrogens is 2. The van der Waals surface area contributed by atoms with Crippen LogP contribution in [0, 0.1) is 12.7 Å².